The molecule has 2 aromatic rings. The van der Waals surface area contributed by atoms with Crippen LogP contribution in [0.3, 0.4) is 0 Å². The predicted molar refractivity (Wildman–Crippen MR) is 126 cm³/mol. The van der Waals surface area contributed by atoms with E-state index in [-0.39, 0.29) is 32.2 Å². The van der Waals surface area contributed by atoms with Crippen molar-refractivity contribution in [2.75, 3.05) is 26.3 Å². The molecule has 0 aromatic heterocycles. The molecule has 8 nitrogen and oxygen atoms in total. The molecule has 0 saturated carbocycles. The van der Waals surface area contributed by atoms with E-state index >= 15 is 0 Å². The van der Waals surface area contributed by atoms with E-state index in [9.17, 15) is 14.7 Å². The molecule has 8 heteroatoms. The van der Waals surface area contributed by atoms with Crippen molar-refractivity contribution in [1.82, 2.24) is 9.96 Å². The maximum absolute atomic E-state index is 13.0. The second-order valence-electron chi connectivity index (χ2n) is 9.70. The van der Waals surface area contributed by atoms with Crippen LogP contribution in [0.2, 0.25) is 0 Å². The lowest BCUT2D eigenvalue weighted by molar-refractivity contribution is -0.190. The molecule has 182 valence electrons. The van der Waals surface area contributed by atoms with Crippen LogP contribution in [0, 0.1) is 0 Å². The zero-order chi connectivity index (χ0) is 24.5. The summed E-state index contributed by atoms with van der Waals surface area (Å²) in [5.41, 5.74) is 3.88. The molecular weight excluding hydrogens is 436 g/mol. The predicted octanol–water partition coefficient (Wildman–Crippen LogP) is 4.17. The van der Waals surface area contributed by atoms with E-state index in [1.165, 1.54) is 4.90 Å². The highest BCUT2D eigenvalue weighted by Crippen LogP contribution is 2.44. The van der Waals surface area contributed by atoms with Crippen molar-refractivity contribution in [3.63, 3.8) is 0 Å². The molecule has 2 amide bonds. The Kier molecular flexibility index (Phi) is 6.81. The number of hydroxylamine groups is 2. The van der Waals surface area contributed by atoms with Gasteiger partial charge in [0, 0.05) is 5.92 Å². The lowest BCUT2D eigenvalue weighted by Crippen LogP contribution is -2.54. The second kappa shape index (κ2) is 9.64. The van der Waals surface area contributed by atoms with Crippen molar-refractivity contribution in [2.24, 2.45) is 0 Å². The van der Waals surface area contributed by atoms with Crippen molar-refractivity contribution in [2.45, 2.75) is 51.4 Å². The third kappa shape index (κ3) is 5.03. The number of fused-ring (bicyclic) bond motifs is 3. The van der Waals surface area contributed by atoms with Gasteiger partial charge in [-0.25, -0.2) is 9.59 Å². The normalized spacial score (nSPS) is 20.7. The highest BCUT2D eigenvalue weighted by molar-refractivity contribution is 5.79. The number of aliphatic hydroxyl groups excluding tert-OH is 1. The van der Waals surface area contributed by atoms with E-state index in [4.69, 9.17) is 14.3 Å². The number of carbonyl (C=O) groups excluding carboxylic acids is 2. The van der Waals surface area contributed by atoms with Crippen molar-refractivity contribution >= 4 is 12.2 Å². The molecule has 0 spiro atoms. The highest BCUT2D eigenvalue weighted by Gasteiger charge is 2.36. The molecule has 1 heterocycles. The standard InChI is InChI=1S/C26H32N2O6/c1-17-23(29)15-27(24(30)34-26(2,3)4)13-14-33-28(17)25(31)32-16-22-20-11-7-5-9-18(20)19-10-6-8-12-21(19)22/h5-12,17,22-23,29H,13-16H2,1-4H3/t17?,23-/m0/s1. The Bertz CT molecular complexity index is 1000. The molecule has 34 heavy (non-hydrogen) atoms. The highest BCUT2D eigenvalue weighted by atomic mass is 16.7. The fourth-order valence-electron chi connectivity index (χ4n) is 4.36. The number of β-amino-alcohol motifs (C(OH)–C–C–N with tert-alkyl or cyclic N) is 1. The van der Waals surface area contributed by atoms with Gasteiger partial charge in [0.1, 0.15) is 12.2 Å². The van der Waals surface area contributed by atoms with Gasteiger partial charge in [0.2, 0.25) is 0 Å². The summed E-state index contributed by atoms with van der Waals surface area (Å²) in [6, 6.07) is 15.5. The Morgan fingerprint density at radius 1 is 1.03 bits per heavy atom. The summed E-state index contributed by atoms with van der Waals surface area (Å²) >= 11 is 0. The van der Waals surface area contributed by atoms with Crippen LogP contribution in [0.15, 0.2) is 48.5 Å². The molecule has 0 radical (unpaired) electrons. The minimum Gasteiger partial charge on any atom is -0.447 e. The van der Waals surface area contributed by atoms with Crippen molar-refractivity contribution in [1.29, 1.82) is 0 Å². The Labute approximate surface area is 200 Å². The number of ether oxygens (including phenoxy) is 2. The van der Waals surface area contributed by atoms with Crippen LogP contribution < -0.4 is 0 Å². The lowest BCUT2D eigenvalue weighted by atomic mass is 9.98. The van der Waals surface area contributed by atoms with Gasteiger partial charge in [-0.3, -0.25) is 4.84 Å². The van der Waals surface area contributed by atoms with E-state index < -0.39 is 29.9 Å². The number of nitrogens with zero attached hydrogens (tertiary/aromatic N) is 2. The van der Waals surface area contributed by atoms with Gasteiger partial charge in [-0.2, -0.15) is 5.06 Å². The number of amides is 2. The Morgan fingerprint density at radius 3 is 2.21 bits per heavy atom. The van der Waals surface area contributed by atoms with Crippen molar-refractivity contribution < 1.29 is 29.0 Å². The first-order valence-corrected chi connectivity index (χ1v) is 11.6. The van der Waals surface area contributed by atoms with Crippen LogP contribution in [0.4, 0.5) is 9.59 Å². The quantitative estimate of drug-likeness (QED) is 0.712. The van der Waals surface area contributed by atoms with Gasteiger partial charge in [0.25, 0.3) is 0 Å². The topological polar surface area (TPSA) is 88.5 Å². The molecule has 2 aromatic carbocycles. The van der Waals surface area contributed by atoms with E-state index in [1.807, 2.05) is 24.3 Å². The fraction of sp³-hybridized carbons (Fsp3) is 0.462. The van der Waals surface area contributed by atoms with E-state index in [1.54, 1.807) is 27.7 Å². The Morgan fingerprint density at radius 2 is 1.62 bits per heavy atom. The van der Waals surface area contributed by atoms with Crippen LogP contribution >= 0.6 is 0 Å². The van der Waals surface area contributed by atoms with Crippen molar-refractivity contribution in [3.8, 4) is 11.1 Å². The minimum absolute atomic E-state index is 0.0204. The first kappa shape index (κ1) is 24.0. The smallest absolute Gasteiger partial charge is 0.434 e. The zero-order valence-corrected chi connectivity index (χ0v) is 20.1. The second-order valence-corrected chi connectivity index (χ2v) is 9.70. The summed E-state index contributed by atoms with van der Waals surface area (Å²) in [5.74, 6) is -0.0750. The van der Waals surface area contributed by atoms with Crippen LogP contribution in [-0.2, 0) is 14.3 Å². The summed E-state index contributed by atoms with van der Waals surface area (Å²) in [6.45, 7) is 7.42. The maximum atomic E-state index is 13.0. The molecule has 2 aliphatic rings. The van der Waals surface area contributed by atoms with Crippen LogP contribution in [0.1, 0.15) is 44.7 Å². The number of rotatable bonds is 2. The van der Waals surface area contributed by atoms with Gasteiger partial charge in [-0.15, -0.1) is 0 Å². The van der Waals surface area contributed by atoms with Gasteiger partial charge < -0.3 is 19.5 Å². The van der Waals surface area contributed by atoms with Gasteiger partial charge in [0.05, 0.1) is 31.8 Å². The van der Waals surface area contributed by atoms with Gasteiger partial charge in [-0.1, -0.05) is 48.5 Å². The van der Waals surface area contributed by atoms with E-state index in [0.29, 0.717) is 0 Å². The van der Waals surface area contributed by atoms with E-state index in [0.717, 1.165) is 27.3 Å². The van der Waals surface area contributed by atoms with Gasteiger partial charge in [-0.05, 0) is 49.9 Å². The summed E-state index contributed by atoms with van der Waals surface area (Å²) in [5, 5.41) is 11.8. The molecule has 4 rings (SSSR count). The number of benzene rings is 2. The molecular formula is C26H32N2O6. The Hall–Kier alpha value is -3.10. The van der Waals surface area contributed by atoms with Crippen molar-refractivity contribution in [3.05, 3.63) is 59.7 Å². The third-order valence-corrected chi connectivity index (χ3v) is 6.09. The summed E-state index contributed by atoms with van der Waals surface area (Å²) < 4.78 is 11.1. The first-order valence-electron chi connectivity index (χ1n) is 11.6. The van der Waals surface area contributed by atoms with E-state index in [2.05, 4.69) is 24.3 Å². The van der Waals surface area contributed by atoms with Crippen LogP contribution in [0.5, 0.6) is 0 Å². The summed E-state index contributed by atoms with van der Waals surface area (Å²) in [7, 11) is 0. The zero-order valence-electron chi connectivity index (χ0n) is 20.1. The average Bonchev–Trinajstić information content (AvgIpc) is 3.10. The molecule has 1 saturated heterocycles. The molecule has 1 fully saturated rings. The Balaban J connectivity index is 1.41. The molecule has 0 bridgehead atoms. The maximum Gasteiger partial charge on any atom is 0.434 e. The summed E-state index contributed by atoms with van der Waals surface area (Å²) in [6.07, 6.45) is -2.23. The number of carbonyl (C=O) groups is 2. The van der Waals surface area contributed by atoms with Crippen LogP contribution in [-0.4, -0.2) is 71.3 Å². The molecule has 1 aliphatic heterocycles. The van der Waals surface area contributed by atoms with Crippen LogP contribution in [0.25, 0.3) is 11.1 Å². The first-order chi connectivity index (χ1) is 16.2. The lowest BCUT2D eigenvalue weighted by Gasteiger charge is -2.37. The third-order valence-electron chi connectivity index (χ3n) is 6.09. The fourth-order valence-corrected chi connectivity index (χ4v) is 4.36. The SMILES string of the molecule is CC1[C@@H](O)CN(C(=O)OC(C)(C)C)CCON1C(=O)OCC1c2ccccc2-c2ccccc21. The molecule has 1 N–H and O–H groups in total. The monoisotopic (exact) mass is 468 g/mol. The number of hydrogen-bond donors (Lipinski definition) is 1. The largest absolute Gasteiger partial charge is 0.447 e. The van der Waals surface area contributed by atoms with Gasteiger partial charge >= 0.3 is 12.2 Å². The average molecular weight is 469 g/mol. The molecule has 1 aliphatic carbocycles. The molecule has 1 unspecified atom stereocenters. The number of hydrogen-bond acceptors (Lipinski definition) is 6. The number of aliphatic hydroxyl groups is 1. The minimum atomic E-state index is -1.03. The van der Waals surface area contributed by atoms with Gasteiger partial charge in [0.15, 0.2) is 0 Å². The molecule has 2 atom stereocenters. The summed E-state index contributed by atoms with van der Waals surface area (Å²) in [4.78, 5) is 32.4.